The number of ether oxygens (including phenoxy) is 1. The fraction of sp³-hybridized carbons (Fsp3) is 0.457. The Hall–Kier alpha value is -4.03. The number of carbonyl (C=O) groups is 1. The van der Waals surface area contributed by atoms with Crippen LogP contribution in [0.3, 0.4) is 0 Å². The Bertz CT molecular complexity index is 1570. The van der Waals surface area contributed by atoms with E-state index in [0.29, 0.717) is 38.3 Å². The number of H-pyrrole nitrogens is 1. The van der Waals surface area contributed by atoms with Crippen LogP contribution in [0, 0.1) is 13.8 Å². The second-order valence-corrected chi connectivity index (χ2v) is 12.3. The molecular weight excluding hydrogens is 578 g/mol. The van der Waals surface area contributed by atoms with Crippen molar-refractivity contribution in [1.82, 2.24) is 34.7 Å². The molecule has 2 heterocycles. The lowest BCUT2D eigenvalue weighted by Gasteiger charge is -2.20. The van der Waals surface area contributed by atoms with Crippen LogP contribution in [0.2, 0.25) is 0 Å². The van der Waals surface area contributed by atoms with Crippen LogP contribution >= 0.6 is 0 Å². The zero-order valence-electron chi connectivity index (χ0n) is 28.5. The van der Waals surface area contributed by atoms with Gasteiger partial charge in [-0.25, -0.2) is 0 Å². The molecule has 4 aromatic rings. The number of benzene rings is 2. The summed E-state index contributed by atoms with van der Waals surface area (Å²) in [5.74, 6) is 0.867. The van der Waals surface area contributed by atoms with Gasteiger partial charge in [-0.1, -0.05) is 12.1 Å². The zero-order chi connectivity index (χ0) is 33.4. The van der Waals surface area contributed by atoms with E-state index in [4.69, 9.17) is 21.3 Å². The lowest BCUT2D eigenvalue weighted by Crippen LogP contribution is -2.26. The van der Waals surface area contributed by atoms with Crippen LogP contribution in [0.4, 0.5) is 0 Å². The van der Waals surface area contributed by atoms with E-state index in [1.165, 1.54) is 0 Å². The first kappa shape index (κ1) is 34.8. The number of amides is 1. The summed E-state index contributed by atoms with van der Waals surface area (Å²) in [4.78, 5) is 19.0. The van der Waals surface area contributed by atoms with Crippen molar-refractivity contribution in [2.24, 2.45) is 11.5 Å². The largest absolute Gasteiger partial charge is 0.488 e. The van der Waals surface area contributed by atoms with Crippen LogP contribution in [0.5, 0.6) is 5.75 Å². The minimum Gasteiger partial charge on any atom is -0.488 e. The third-order valence-corrected chi connectivity index (χ3v) is 8.17. The number of hydrogen-bond acceptors (Lipinski definition) is 8. The molecule has 46 heavy (non-hydrogen) atoms. The fourth-order valence-corrected chi connectivity index (χ4v) is 5.72. The second kappa shape index (κ2) is 16.0. The minimum absolute atomic E-state index is 0.00736. The maximum atomic E-state index is 12.9. The van der Waals surface area contributed by atoms with Crippen molar-refractivity contribution in [3.8, 4) is 28.3 Å². The van der Waals surface area contributed by atoms with E-state index in [9.17, 15) is 4.79 Å². The Kier molecular flexibility index (Phi) is 12.1. The average molecular weight is 630 g/mol. The van der Waals surface area contributed by atoms with E-state index in [1.54, 1.807) is 4.90 Å². The topological polar surface area (TPSA) is 135 Å². The number of nitrogens with two attached hydrogens (primary N) is 2. The molecule has 0 saturated heterocycles. The quantitative estimate of drug-likeness (QED) is 0.170. The van der Waals surface area contributed by atoms with Gasteiger partial charge in [-0.2, -0.15) is 10.2 Å². The Labute approximate surface area is 273 Å². The highest BCUT2D eigenvalue weighted by atomic mass is 16.5. The van der Waals surface area contributed by atoms with Crippen LogP contribution in [-0.2, 0) is 19.6 Å². The molecule has 248 valence electrons. The predicted octanol–water partition coefficient (Wildman–Crippen LogP) is 3.90. The molecule has 4 rings (SSSR count). The second-order valence-electron chi connectivity index (χ2n) is 12.3. The van der Waals surface area contributed by atoms with E-state index < -0.39 is 0 Å². The number of aromatic nitrogens is 4. The van der Waals surface area contributed by atoms with Crippen LogP contribution in [0.1, 0.15) is 46.5 Å². The lowest BCUT2D eigenvalue weighted by molar-refractivity contribution is 0.0802. The highest BCUT2D eigenvalue weighted by Crippen LogP contribution is 2.32. The molecule has 1 atom stereocenters. The summed E-state index contributed by atoms with van der Waals surface area (Å²) >= 11 is 0. The van der Waals surface area contributed by atoms with E-state index >= 15 is 0 Å². The average Bonchev–Trinajstić information content (AvgIpc) is 3.64. The third-order valence-electron chi connectivity index (χ3n) is 8.17. The Morgan fingerprint density at radius 2 is 1.63 bits per heavy atom. The number of aromatic amines is 1. The van der Waals surface area contributed by atoms with Gasteiger partial charge in [0.05, 0.1) is 24.1 Å². The maximum absolute atomic E-state index is 12.9. The molecule has 0 aliphatic rings. The lowest BCUT2D eigenvalue weighted by atomic mass is 10.0. The summed E-state index contributed by atoms with van der Waals surface area (Å²) < 4.78 is 8.51. The molecule has 0 radical (unpaired) electrons. The SMILES string of the molecule is CCN(C)C(=O)c1cccc(-c2nn(CC(C)Oc3c(C)cc(-c4[nH]ncc4CN(C)CCN)cc3C)cc2CN(C)CCN)c1. The molecule has 1 amide bonds. The summed E-state index contributed by atoms with van der Waals surface area (Å²) in [6, 6.07) is 12.0. The highest BCUT2D eigenvalue weighted by molar-refractivity contribution is 5.95. The number of aryl methyl sites for hydroxylation is 2. The van der Waals surface area contributed by atoms with Gasteiger partial charge in [-0.3, -0.25) is 14.6 Å². The van der Waals surface area contributed by atoms with Gasteiger partial charge >= 0.3 is 0 Å². The number of nitrogens with one attached hydrogen (secondary N) is 1. The molecule has 1 unspecified atom stereocenters. The summed E-state index contributed by atoms with van der Waals surface area (Å²) in [5, 5.41) is 12.5. The van der Waals surface area contributed by atoms with Crippen LogP contribution in [0.25, 0.3) is 22.5 Å². The Balaban J connectivity index is 1.56. The molecular formula is C35H51N9O2. The monoisotopic (exact) mass is 629 g/mol. The van der Waals surface area contributed by atoms with Crippen LogP contribution in [0.15, 0.2) is 48.8 Å². The summed E-state index contributed by atoms with van der Waals surface area (Å²) in [5.41, 5.74) is 20.4. The smallest absolute Gasteiger partial charge is 0.253 e. The van der Waals surface area contributed by atoms with Crippen molar-refractivity contribution < 1.29 is 9.53 Å². The van der Waals surface area contributed by atoms with Gasteiger partial charge in [0.25, 0.3) is 5.91 Å². The van der Waals surface area contributed by atoms with E-state index in [2.05, 4.69) is 73.2 Å². The summed E-state index contributed by atoms with van der Waals surface area (Å²) in [6.45, 7) is 13.6. The van der Waals surface area contributed by atoms with E-state index in [0.717, 1.165) is 70.2 Å². The standard InChI is InChI=1S/C35H51N9O2/c1-8-43(7)35(45)28-11-9-10-27(18-28)33-31(22-42(6)15-13-37)23-44(40-33)20-26(4)46-34-24(2)16-29(17-25(34)3)32-30(19-38-39-32)21-41(5)14-12-36/h9-11,16-19,23,26H,8,12-15,20-22,36-37H2,1-7H3,(H,38,39). The first-order chi connectivity index (χ1) is 22.0. The molecule has 0 fully saturated rings. The number of rotatable bonds is 16. The number of likely N-dealkylation sites (N-methyl/N-ethyl adjacent to an activating group) is 2. The van der Waals surface area contributed by atoms with Gasteiger partial charge in [-0.15, -0.1) is 0 Å². The molecule has 11 heteroatoms. The van der Waals surface area contributed by atoms with Crippen LogP contribution < -0.4 is 16.2 Å². The number of hydrogen-bond donors (Lipinski definition) is 3. The van der Waals surface area contributed by atoms with E-state index in [1.807, 2.05) is 49.1 Å². The maximum Gasteiger partial charge on any atom is 0.253 e. The Morgan fingerprint density at radius 3 is 2.26 bits per heavy atom. The van der Waals surface area contributed by atoms with Crippen molar-refractivity contribution in [1.29, 1.82) is 0 Å². The molecule has 0 aliphatic heterocycles. The van der Waals surface area contributed by atoms with Crippen molar-refractivity contribution in [2.75, 3.05) is 53.9 Å². The molecule has 2 aromatic carbocycles. The fourth-order valence-electron chi connectivity index (χ4n) is 5.72. The third kappa shape index (κ3) is 8.61. The van der Waals surface area contributed by atoms with Gasteiger partial charge in [0.2, 0.25) is 0 Å². The molecule has 0 saturated carbocycles. The van der Waals surface area contributed by atoms with Gasteiger partial charge in [0, 0.05) is 86.9 Å². The Morgan fingerprint density at radius 1 is 0.978 bits per heavy atom. The van der Waals surface area contributed by atoms with Gasteiger partial charge in [0.15, 0.2) is 0 Å². The van der Waals surface area contributed by atoms with Crippen LogP contribution in [-0.4, -0.2) is 101 Å². The van der Waals surface area contributed by atoms with Crippen molar-refractivity contribution in [3.63, 3.8) is 0 Å². The molecule has 2 aromatic heterocycles. The molecule has 5 N–H and O–H groups in total. The van der Waals surface area contributed by atoms with Gasteiger partial charge in [0.1, 0.15) is 11.9 Å². The summed E-state index contributed by atoms with van der Waals surface area (Å²) in [7, 11) is 5.93. The number of nitrogens with zero attached hydrogens (tertiary/aromatic N) is 6. The first-order valence-electron chi connectivity index (χ1n) is 16.0. The predicted molar refractivity (Wildman–Crippen MR) is 185 cm³/mol. The zero-order valence-corrected chi connectivity index (χ0v) is 28.5. The minimum atomic E-state index is -0.149. The van der Waals surface area contributed by atoms with E-state index in [-0.39, 0.29) is 12.0 Å². The van der Waals surface area contributed by atoms with Gasteiger partial charge < -0.3 is 30.9 Å². The molecule has 0 aliphatic carbocycles. The molecule has 0 bridgehead atoms. The van der Waals surface area contributed by atoms with Crippen molar-refractivity contribution in [3.05, 3.63) is 76.6 Å². The van der Waals surface area contributed by atoms with Crippen molar-refractivity contribution >= 4 is 5.91 Å². The molecule has 11 nitrogen and oxygen atoms in total. The normalized spacial score (nSPS) is 12.2. The summed E-state index contributed by atoms with van der Waals surface area (Å²) in [6.07, 6.45) is 3.82. The van der Waals surface area contributed by atoms with Crippen molar-refractivity contribution in [2.45, 2.75) is 53.4 Å². The first-order valence-corrected chi connectivity index (χ1v) is 16.0. The van der Waals surface area contributed by atoms with Gasteiger partial charge in [-0.05, 0) is 77.2 Å². The molecule has 0 spiro atoms. The number of carbonyl (C=O) groups excluding carboxylic acids is 1. The highest BCUT2D eigenvalue weighted by Gasteiger charge is 2.19.